The number of aryl methyl sites for hydroxylation is 3. The minimum Gasteiger partial charge on any atom is -0.389 e. The summed E-state index contributed by atoms with van der Waals surface area (Å²) >= 11 is 0. The van der Waals surface area contributed by atoms with Crippen molar-refractivity contribution in [2.75, 3.05) is 6.54 Å². The Kier molecular flexibility index (Phi) is 5.12. The molecule has 0 saturated carbocycles. The molecule has 0 spiro atoms. The summed E-state index contributed by atoms with van der Waals surface area (Å²) in [5.41, 5.74) is 9.66. The fraction of sp³-hybridized carbons (Fsp3) is 0.571. The van der Waals surface area contributed by atoms with Gasteiger partial charge in [0.1, 0.15) is 6.10 Å². The van der Waals surface area contributed by atoms with Gasteiger partial charge >= 0.3 is 0 Å². The highest BCUT2D eigenvalue weighted by Gasteiger charge is 2.22. The second kappa shape index (κ2) is 6.15. The van der Waals surface area contributed by atoms with Gasteiger partial charge < -0.3 is 15.9 Å². The molecule has 1 rings (SSSR count). The number of rotatable bonds is 5. The maximum atomic E-state index is 10.2. The SMILES string of the molecule is CCc1cc(C)cc(CC)c1C(O)C(O)CN. The van der Waals surface area contributed by atoms with Crippen LogP contribution in [0.3, 0.4) is 0 Å². The van der Waals surface area contributed by atoms with Gasteiger partial charge in [-0.2, -0.15) is 0 Å². The molecule has 1 aromatic rings. The molecule has 0 radical (unpaired) electrons. The highest BCUT2D eigenvalue weighted by Crippen LogP contribution is 2.27. The van der Waals surface area contributed by atoms with Crippen molar-refractivity contribution >= 4 is 0 Å². The lowest BCUT2D eigenvalue weighted by molar-refractivity contribution is 0.0233. The minimum atomic E-state index is -0.895. The van der Waals surface area contributed by atoms with Crippen molar-refractivity contribution in [3.05, 3.63) is 34.4 Å². The lowest BCUT2D eigenvalue weighted by atomic mass is 9.89. The summed E-state index contributed by atoms with van der Waals surface area (Å²) < 4.78 is 0. The first-order chi connectivity index (χ1) is 8.04. The summed E-state index contributed by atoms with van der Waals surface area (Å²) in [6, 6.07) is 4.14. The molecular weight excluding hydrogens is 214 g/mol. The predicted octanol–water partition coefficient (Wildman–Crippen LogP) is 1.47. The third-order valence-corrected chi connectivity index (χ3v) is 3.16. The summed E-state index contributed by atoms with van der Waals surface area (Å²) in [5.74, 6) is 0. The molecule has 0 fully saturated rings. The van der Waals surface area contributed by atoms with Crippen LogP contribution in [0.5, 0.6) is 0 Å². The lowest BCUT2D eigenvalue weighted by Crippen LogP contribution is -2.28. The fourth-order valence-electron chi connectivity index (χ4n) is 2.24. The van der Waals surface area contributed by atoms with Crippen LogP contribution >= 0.6 is 0 Å². The smallest absolute Gasteiger partial charge is 0.107 e. The van der Waals surface area contributed by atoms with Gasteiger partial charge in [-0.25, -0.2) is 0 Å². The third kappa shape index (κ3) is 3.06. The number of hydrogen-bond donors (Lipinski definition) is 3. The summed E-state index contributed by atoms with van der Waals surface area (Å²) in [6.07, 6.45) is -0.0877. The van der Waals surface area contributed by atoms with Crippen LogP contribution in [0.2, 0.25) is 0 Å². The predicted molar refractivity (Wildman–Crippen MR) is 70.0 cm³/mol. The van der Waals surface area contributed by atoms with Gasteiger partial charge in [0.15, 0.2) is 0 Å². The quantitative estimate of drug-likeness (QED) is 0.726. The van der Waals surface area contributed by atoms with Crippen molar-refractivity contribution in [3.8, 4) is 0 Å². The minimum absolute atomic E-state index is 0.0708. The highest BCUT2D eigenvalue weighted by atomic mass is 16.3. The summed E-state index contributed by atoms with van der Waals surface area (Å²) in [7, 11) is 0. The van der Waals surface area contributed by atoms with Crippen molar-refractivity contribution < 1.29 is 10.2 Å². The van der Waals surface area contributed by atoms with E-state index in [2.05, 4.69) is 26.0 Å². The molecule has 17 heavy (non-hydrogen) atoms. The topological polar surface area (TPSA) is 66.5 Å². The zero-order valence-electron chi connectivity index (χ0n) is 10.9. The molecule has 2 unspecified atom stereocenters. The van der Waals surface area contributed by atoms with Gasteiger partial charge in [-0.15, -0.1) is 0 Å². The Labute approximate surface area is 103 Å². The lowest BCUT2D eigenvalue weighted by Gasteiger charge is -2.23. The van der Waals surface area contributed by atoms with E-state index in [0.29, 0.717) is 0 Å². The van der Waals surface area contributed by atoms with Crippen molar-refractivity contribution in [2.24, 2.45) is 5.73 Å². The van der Waals surface area contributed by atoms with Crippen LogP contribution < -0.4 is 5.73 Å². The molecule has 1 aromatic carbocycles. The van der Waals surface area contributed by atoms with E-state index >= 15 is 0 Å². The Hall–Kier alpha value is -0.900. The van der Waals surface area contributed by atoms with Crippen molar-refractivity contribution in [2.45, 2.75) is 45.8 Å². The first kappa shape index (κ1) is 14.2. The molecule has 0 saturated heterocycles. The molecule has 0 aliphatic carbocycles. The molecule has 96 valence electrons. The van der Waals surface area contributed by atoms with E-state index in [1.807, 2.05) is 6.92 Å². The third-order valence-electron chi connectivity index (χ3n) is 3.16. The Morgan fingerprint density at radius 1 is 1.12 bits per heavy atom. The van der Waals surface area contributed by atoms with Crippen LogP contribution in [-0.4, -0.2) is 22.9 Å². The molecule has 0 aliphatic rings. The maximum absolute atomic E-state index is 10.2. The first-order valence-electron chi connectivity index (χ1n) is 6.23. The summed E-state index contributed by atoms with van der Waals surface area (Å²) in [4.78, 5) is 0. The normalized spacial score (nSPS) is 14.7. The molecule has 4 N–H and O–H groups in total. The molecule has 2 atom stereocenters. The Balaban J connectivity index is 3.28. The van der Waals surface area contributed by atoms with Crippen LogP contribution in [-0.2, 0) is 12.8 Å². The summed E-state index contributed by atoms with van der Waals surface area (Å²) in [5, 5.41) is 19.9. The van der Waals surface area contributed by atoms with Crippen LogP contribution in [0.15, 0.2) is 12.1 Å². The average Bonchev–Trinajstić information content (AvgIpc) is 2.35. The summed E-state index contributed by atoms with van der Waals surface area (Å²) in [6.45, 7) is 6.23. The zero-order chi connectivity index (χ0) is 13.0. The molecule has 0 bridgehead atoms. The highest BCUT2D eigenvalue weighted by molar-refractivity contribution is 5.41. The van der Waals surface area contributed by atoms with E-state index in [-0.39, 0.29) is 6.54 Å². The van der Waals surface area contributed by atoms with E-state index in [9.17, 15) is 10.2 Å². The van der Waals surface area contributed by atoms with Crippen molar-refractivity contribution in [3.63, 3.8) is 0 Å². The standard InChI is InChI=1S/C14H23NO2/c1-4-10-6-9(3)7-11(5-2)13(10)14(17)12(16)8-15/h6-7,12,14,16-17H,4-5,8,15H2,1-3H3. The zero-order valence-corrected chi connectivity index (χ0v) is 10.9. The monoisotopic (exact) mass is 237 g/mol. The molecule has 0 aliphatic heterocycles. The van der Waals surface area contributed by atoms with Gasteiger partial charge in [0.25, 0.3) is 0 Å². The van der Waals surface area contributed by atoms with E-state index in [4.69, 9.17) is 5.73 Å². The molecule has 0 amide bonds. The number of nitrogens with two attached hydrogens (primary N) is 1. The van der Waals surface area contributed by atoms with Crippen LogP contribution in [0.25, 0.3) is 0 Å². The number of benzene rings is 1. The molecule has 3 nitrogen and oxygen atoms in total. The van der Waals surface area contributed by atoms with Crippen LogP contribution in [0, 0.1) is 6.92 Å². The van der Waals surface area contributed by atoms with Crippen molar-refractivity contribution in [1.29, 1.82) is 0 Å². The van der Waals surface area contributed by atoms with Gasteiger partial charge in [0.2, 0.25) is 0 Å². The molecule has 0 heterocycles. The number of aliphatic hydroxyl groups is 2. The van der Waals surface area contributed by atoms with E-state index in [1.54, 1.807) is 0 Å². The second-order valence-electron chi connectivity index (χ2n) is 4.45. The van der Waals surface area contributed by atoms with E-state index in [0.717, 1.165) is 29.5 Å². The number of aliphatic hydroxyl groups excluding tert-OH is 2. The Bertz CT molecular complexity index is 351. The van der Waals surface area contributed by atoms with Gasteiger partial charge in [0.05, 0.1) is 6.10 Å². The fourth-order valence-corrected chi connectivity index (χ4v) is 2.24. The van der Waals surface area contributed by atoms with Crippen LogP contribution in [0.1, 0.15) is 42.2 Å². The van der Waals surface area contributed by atoms with E-state index in [1.165, 1.54) is 5.56 Å². The first-order valence-corrected chi connectivity index (χ1v) is 6.23. The number of hydrogen-bond acceptors (Lipinski definition) is 3. The largest absolute Gasteiger partial charge is 0.389 e. The van der Waals surface area contributed by atoms with Crippen LogP contribution in [0.4, 0.5) is 0 Å². The van der Waals surface area contributed by atoms with Gasteiger partial charge in [0, 0.05) is 6.54 Å². The second-order valence-corrected chi connectivity index (χ2v) is 4.45. The average molecular weight is 237 g/mol. The van der Waals surface area contributed by atoms with E-state index < -0.39 is 12.2 Å². The molecular formula is C14H23NO2. The molecule has 3 heteroatoms. The Morgan fingerprint density at radius 2 is 1.59 bits per heavy atom. The Morgan fingerprint density at radius 3 is 1.94 bits per heavy atom. The van der Waals surface area contributed by atoms with Gasteiger partial charge in [-0.05, 0) is 36.5 Å². The van der Waals surface area contributed by atoms with Gasteiger partial charge in [-0.3, -0.25) is 0 Å². The molecule has 0 aromatic heterocycles. The van der Waals surface area contributed by atoms with Crippen molar-refractivity contribution in [1.82, 2.24) is 0 Å². The van der Waals surface area contributed by atoms with Gasteiger partial charge in [-0.1, -0.05) is 31.5 Å². The maximum Gasteiger partial charge on any atom is 0.107 e.